The molecule has 1 saturated heterocycles. The Labute approximate surface area is 216 Å². The van der Waals surface area contributed by atoms with Crippen molar-refractivity contribution >= 4 is 0 Å². The number of methoxy groups -OCH3 is 1. The predicted octanol–water partition coefficient (Wildman–Crippen LogP) is 6.91. The highest BCUT2D eigenvalue weighted by molar-refractivity contribution is 5.39. The molecule has 1 fully saturated rings. The maximum absolute atomic E-state index is 14.8. The van der Waals surface area contributed by atoms with Gasteiger partial charge in [0.15, 0.2) is 34.7 Å². The average molecular weight is 515 g/mol. The van der Waals surface area contributed by atoms with Crippen LogP contribution in [0.1, 0.15) is 41.5 Å². The van der Waals surface area contributed by atoms with Gasteiger partial charge in [0.05, 0.1) is 20.3 Å². The third kappa shape index (κ3) is 7.19. The second-order valence-corrected chi connectivity index (χ2v) is 9.55. The van der Waals surface area contributed by atoms with E-state index < -0.39 is 23.6 Å². The van der Waals surface area contributed by atoms with Gasteiger partial charge >= 0.3 is 0 Å². The van der Waals surface area contributed by atoms with Crippen molar-refractivity contribution in [1.82, 2.24) is 0 Å². The molecule has 0 radical (unpaired) electrons. The Morgan fingerprint density at radius 2 is 1.57 bits per heavy atom. The van der Waals surface area contributed by atoms with Gasteiger partial charge < -0.3 is 18.9 Å². The number of benzene rings is 3. The first-order valence-corrected chi connectivity index (χ1v) is 12.6. The molecule has 1 aliphatic rings. The van der Waals surface area contributed by atoms with Gasteiger partial charge in [-0.2, -0.15) is 0 Å². The summed E-state index contributed by atoms with van der Waals surface area (Å²) in [5.41, 5.74) is 2.92. The van der Waals surface area contributed by atoms with Crippen LogP contribution in [0.3, 0.4) is 0 Å². The molecule has 4 rings (SSSR count). The fourth-order valence-corrected chi connectivity index (χ4v) is 4.61. The summed E-state index contributed by atoms with van der Waals surface area (Å²) in [6.45, 7) is 4.83. The lowest BCUT2D eigenvalue weighted by atomic mass is 9.98. The van der Waals surface area contributed by atoms with Crippen molar-refractivity contribution in [3.05, 3.63) is 88.2 Å². The molecule has 3 aromatic carbocycles. The zero-order valence-electron chi connectivity index (χ0n) is 21.5. The Bertz CT molecular complexity index is 1210. The number of hydrogen-bond donors (Lipinski definition) is 0. The maximum Gasteiger partial charge on any atom is 0.165 e. The molecule has 0 bridgehead atoms. The van der Waals surface area contributed by atoms with Crippen LogP contribution in [0.15, 0.2) is 48.5 Å². The van der Waals surface area contributed by atoms with Crippen molar-refractivity contribution in [3.8, 4) is 17.2 Å². The lowest BCUT2D eigenvalue weighted by Crippen LogP contribution is -2.26. The Morgan fingerprint density at radius 3 is 2.27 bits per heavy atom. The normalized spacial score (nSPS) is 14.9. The van der Waals surface area contributed by atoms with E-state index in [1.54, 1.807) is 32.0 Å². The molecular weight excluding hydrogens is 481 g/mol. The van der Waals surface area contributed by atoms with Gasteiger partial charge in [0.2, 0.25) is 0 Å². The van der Waals surface area contributed by atoms with E-state index in [-0.39, 0.29) is 23.4 Å². The van der Waals surface area contributed by atoms with Gasteiger partial charge in [0.25, 0.3) is 0 Å². The Balaban J connectivity index is 1.51. The van der Waals surface area contributed by atoms with Gasteiger partial charge in [-0.3, -0.25) is 0 Å². The molecule has 0 aliphatic carbocycles. The molecular formula is C30H33F3O4. The highest BCUT2D eigenvalue weighted by atomic mass is 19.1. The van der Waals surface area contributed by atoms with Crippen molar-refractivity contribution in [2.24, 2.45) is 0 Å². The molecule has 1 heterocycles. The smallest absolute Gasteiger partial charge is 0.165 e. The van der Waals surface area contributed by atoms with E-state index >= 15 is 0 Å². The van der Waals surface area contributed by atoms with Crippen LogP contribution in [0.5, 0.6) is 17.2 Å². The van der Waals surface area contributed by atoms with Crippen molar-refractivity contribution in [2.45, 2.75) is 58.2 Å². The van der Waals surface area contributed by atoms with E-state index in [4.69, 9.17) is 18.9 Å². The predicted molar refractivity (Wildman–Crippen MR) is 136 cm³/mol. The fraction of sp³-hybridized carbons (Fsp3) is 0.400. The highest BCUT2D eigenvalue weighted by Crippen LogP contribution is 2.29. The van der Waals surface area contributed by atoms with Gasteiger partial charge in [-0.25, -0.2) is 13.2 Å². The summed E-state index contributed by atoms with van der Waals surface area (Å²) in [6.07, 6.45) is 2.13. The van der Waals surface area contributed by atoms with E-state index in [2.05, 4.69) is 0 Å². The minimum atomic E-state index is -0.506. The molecule has 1 atom stereocenters. The summed E-state index contributed by atoms with van der Waals surface area (Å²) in [6, 6.07) is 13.0. The zero-order chi connectivity index (χ0) is 26.4. The molecule has 1 aliphatic heterocycles. The van der Waals surface area contributed by atoms with Crippen LogP contribution in [-0.2, 0) is 17.6 Å². The molecule has 198 valence electrons. The SMILES string of the molecule is COc1c(F)cc(C)cc1CC(CCc1ccc(OC2CCOCC2)c(F)c1)Oc1ccc(C)cc1F. The number of hydrogen-bond acceptors (Lipinski definition) is 4. The van der Waals surface area contributed by atoms with Crippen molar-refractivity contribution in [1.29, 1.82) is 0 Å². The molecule has 3 aromatic rings. The highest BCUT2D eigenvalue weighted by Gasteiger charge is 2.21. The van der Waals surface area contributed by atoms with Gasteiger partial charge in [0, 0.05) is 24.8 Å². The lowest BCUT2D eigenvalue weighted by molar-refractivity contribution is 0.0240. The van der Waals surface area contributed by atoms with Gasteiger partial charge in [-0.05, 0) is 73.7 Å². The van der Waals surface area contributed by atoms with E-state index in [9.17, 15) is 13.2 Å². The summed E-state index contributed by atoms with van der Waals surface area (Å²) in [7, 11) is 1.42. The second kappa shape index (κ2) is 12.4. The monoisotopic (exact) mass is 514 g/mol. The van der Waals surface area contributed by atoms with Crippen molar-refractivity contribution < 1.29 is 32.1 Å². The fourth-order valence-electron chi connectivity index (χ4n) is 4.61. The van der Waals surface area contributed by atoms with Crippen LogP contribution in [0, 0.1) is 31.3 Å². The number of rotatable bonds is 10. The maximum atomic E-state index is 14.8. The summed E-state index contributed by atoms with van der Waals surface area (Å²) in [4.78, 5) is 0. The first kappa shape index (κ1) is 26.9. The summed E-state index contributed by atoms with van der Waals surface area (Å²) in [5, 5.41) is 0. The molecule has 37 heavy (non-hydrogen) atoms. The molecule has 4 nitrogen and oxygen atoms in total. The van der Waals surface area contributed by atoms with Crippen LogP contribution in [0.25, 0.3) is 0 Å². The van der Waals surface area contributed by atoms with E-state index in [1.807, 2.05) is 12.1 Å². The Kier molecular flexibility index (Phi) is 8.98. The van der Waals surface area contributed by atoms with Crippen LogP contribution in [-0.4, -0.2) is 32.5 Å². The zero-order valence-corrected chi connectivity index (χ0v) is 21.5. The molecule has 7 heteroatoms. The summed E-state index contributed by atoms with van der Waals surface area (Å²) >= 11 is 0. The number of ether oxygens (including phenoxy) is 4. The first-order chi connectivity index (χ1) is 17.8. The average Bonchev–Trinajstić information content (AvgIpc) is 2.86. The first-order valence-electron chi connectivity index (χ1n) is 12.6. The molecule has 0 N–H and O–H groups in total. The van der Waals surface area contributed by atoms with E-state index in [0.717, 1.165) is 29.5 Å². The lowest BCUT2D eigenvalue weighted by Gasteiger charge is -2.24. The van der Waals surface area contributed by atoms with Crippen molar-refractivity contribution in [2.75, 3.05) is 20.3 Å². The molecule has 0 amide bonds. The van der Waals surface area contributed by atoms with Gasteiger partial charge in [0.1, 0.15) is 12.2 Å². The third-order valence-electron chi connectivity index (χ3n) is 6.51. The van der Waals surface area contributed by atoms with E-state index in [0.29, 0.717) is 38.0 Å². The van der Waals surface area contributed by atoms with Gasteiger partial charge in [-0.1, -0.05) is 18.2 Å². The molecule has 0 spiro atoms. The Hall–Kier alpha value is -3.19. The second-order valence-electron chi connectivity index (χ2n) is 9.55. The number of halogens is 3. The topological polar surface area (TPSA) is 36.9 Å². The van der Waals surface area contributed by atoms with Crippen LogP contribution in [0.2, 0.25) is 0 Å². The number of aryl methyl sites for hydroxylation is 3. The quantitative estimate of drug-likeness (QED) is 0.295. The Morgan fingerprint density at radius 1 is 0.865 bits per heavy atom. The van der Waals surface area contributed by atoms with Crippen LogP contribution in [0.4, 0.5) is 13.2 Å². The van der Waals surface area contributed by atoms with Crippen LogP contribution >= 0.6 is 0 Å². The molecule has 0 aromatic heterocycles. The summed E-state index contributed by atoms with van der Waals surface area (Å²) in [5.74, 6) is -0.857. The standard InChI is InChI=1S/C30H33F3O4/c1-19-4-8-28(25(31)15-19)37-24(18-22-14-20(2)16-27(33)30(22)34-3)7-5-21-6-9-29(26(32)17-21)36-23-10-12-35-13-11-23/h4,6,8-9,14-17,23-24H,5,7,10-13,18H2,1-3H3. The minimum absolute atomic E-state index is 0.0546. The van der Waals surface area contributed by atoms with Crippen LogP contribution < -0.4 is 14.2 Å². The largest absolute Gasteiger partial charge is 0.493 e. The molecule has 0 saturated carbocycles. The van der Waals surface area contributed by atoms with E-state index in [1.165, 1.54) is 25.3 Å². The summed E-state index contributed by atoms with van der Waals surface area (Å²) < 4.78 is 66.4. The molecule has 1 unspecified atom stereocenters. The third-order valence-corrected chi connectivity index (χ3v) is 6.51. The van der Waals surface area contributed by atoms with Crippen molar-refractivity contribution in [3.63, 3.8) is 0 Å². The minimum Gasteiger partial charge on any atom is -0.493 e. The van der Waals surface area contributed by atoms with Gasteiger partial charge in [-0.15, -0.1) is 0 Å².